The van der Waals surface area contributed by atoms with E-state index in [0.717, 1.165) is 0 Å². The molecule has 2 bridgehead atoms. The van der Waals surface area contributed by atoms with E-state index in [1.165, 1.54) is 26.4 Å². The molecule has 2 aliphatic carbocycles. The molecule has 2 fully saturated rings. The van der Waals surface area contributed by atoms with Gasteiger partial charge in [-0.15, -0.1) is 0 Å². The molecule has 3 unspecified atom stereocenters. The molecule has 3 nitrogen and oxygen atoms in total. The predicted molar refractivity (Wildman–Crippen MR) is 56.5 cm³/mol. The molecule has 2 aliphatic rings. The summed E-state index contributed by atoms with van der Waals surface area (Å²) in [6.07, 6.45) is 3.09. The van der Waals surface area contributed by atoms with Crippen molar-refractivity contribution >= 4 is 6.16 Å². The van der Waals surface area contributed by atoms with E-state index in [0.29, 0.717) is 5.92 Å². The van der Waals surface area contributed by atoms with Crippen LogP contribution in [0.3, 0.4) is 0 Å². The summed E-state index contributed by atoms with van der Waals surface area (Å²) < 4.78 is 10.0. The third-order valence-corrected chi connectivity index (χ3v) is 4.52. The van der Waals surface area contributed by atoms with Crippen molar-refractivity contribution in [2.24, 2.45) is 16.7 Å². The van der Waals surface area contributed by atoms with E-state index in [-0.39, 0.29) is 16.9 Å². The zero-order valence-electron chi connectivity index (χ0n) is 10.0. The van der Waals surface area contributed by atoms with Crippen LogP contribution in [-0.2, 0) is 9.47 Å². The van der Waals surface area contributed by atoms with Gasteiger partial charge in [0, 0.05) is 10.8 Å². The standard InChI is InChI=1S/C12H20O3/c1-11(2)8-5-6-12(3,7-8)9(11)15-10(13)14-4/h8-9H,5-7H2,1-4H3. The fraction of sp³-hybridized carbons (Fsp3) is 0.917. The summed E-state index contributed by atoms with van der Waals surface area (Å²) in [6.45, 7) is 6.64. The molecule has 0 heterocycles. The van der Waals surface area contributed by atoms with Gasteiger partial charge >= 0.3 is 6.16 Å². The highest BCUT2D eigenvalue weighted by Crippen LogP contribution is 2.63. The molecule has 0 radical (unpaired) electrons. The molecule has 0 aromatic rings. The van der Waals surface area contributed by atoms with Gasteiger partial charge in [0.25, 0.3) is 0 Å². The summed E-state index contributed by atoms with van der Waals surface area (Å²) in [6, 6.07) is 0. The predicted octanol–water partition coefficient (Wildman–Crippen LogP) is 2.98. The lowest BCUT2D eigenvalue weighted by molar-refractivity contribution is -0.0683. The van der Waals surface area contributed by atoms with E-state index in [1.807, 2.05) is 0 Å². The molecular weight excluding hydrogens is 192 g/mol. The Morgan fingerprint density at radius 3 is 2.47 bits per heavy atom. The van der Waals surface area contributed by atoms with Crippen molar-refractivity contribution in [2.75, 3.05) is 7.11 Å². The molecule has 0 amide bonds. The van der Waals surface area contributed by atoms with Crippen LogP contribution in [0.2, 0.25) is 0 Å². The van der Waals surface area contributed by atoms with Gasteiger partial charge in [-0.05, 0) is 25.2 Å². The Morgan fingerprint density at radius 2 is 2.00 bits per heavy atom. The second-order valence-electron chi connectivity index (χ2n) is 5.87. The third-order valence-electron chi connectivity index (χ3n) is 4.52. The van der Waals surface area contributed by atoms with Gasteiger partial charge in [-0.25, -0.2) is 4.79 Å². The van der Waals surface area contributed by atoms with Crippen molar-refractivity contribution in [2.45, 2.75) is 46.1 Å². The first-order valence-corrected chi connectivity index (χ1v) is 5.65. The molecule has 0 aliphatic heterocycles. The molecule has 0 spiro atoms. The summed E-state index contributed by atoms with van der Waals surface area (Å²) in [7, 11) is 1.37. The maximum atomic E-state index is 11.2. The van der Waals surface area contributed by atoms with Gasteiger partial charge in [0.2, 0.25) is 0 Å². The van der Waals surface area contributed by atoms with Gasteiger partial charge < -0.3 is 9.47 Å². The Labute approximate surface area is 91.1 Å². The number of carbonyl (C=O) groups is 1. The minimum absolute atomic E-state index is 0.0104. The lowest BCUT2D eigenvalue weighted by Crippen LogP contribution is -2.43. The van der Waals surface area contributed by atoms with Crippen LogP contribution < -0.4 is 0 Å². The Kier molecular flexibility index (Phi) is 2.25. The lowest BCUT2D eigenvalue weighted by Gasteiger charge is -2.41. The molecular formula is C12H20O3. The zero-order chi connectivity index (χ0) is 11.3. The van der Waals surface area contributed by atoms with E-state index < -0.39 is 6.16 Å². The summed E-state index contributed by atoms with van der Waals surface area (Å²) in [5, 5.41) is 0. The molecule has 0 aromatic heterocycles. The van der Waals surface area contributed by atoms with Crippen molar-refractivity contribution in [1.29, 1.82) is 0 Å². The number of methoxy groups -OCH3 is 1. The zero-order valence-corrected chi connectivity index (χ0v) is 10.0. The largest absolute Gasteiger partial charge is 0.508 e. The summed E-state index contributed by atoms with van der Waals surface area (Å²) in [5.74, 6) is 0.692. The van der Waals surface area contributed by atoms with E-state index in [4.69, 9.17) is 4.74 Å². The molecule has 2 rings (SSSR count). The van der Waals surface area contributed by atoms with E-state index in [2.05, 4.69) is 25.5 Å². The Balaban J connectivity index is 2.19. The Bertz CT molecular complexity index is 280. The number of hydrogen-bond acceptors (Lipinski definition) is 3. The first-order valence-electron chi connectivity index (χ1n) is 5.65. The van der Waals surface area contributed by atoms with E-state index >= 15 is 0 Å². The molecule has 86 valence electrons. The first kappa shape index (κ1) is 10.8. The van der Waals surface area contributed by atoms with Gasteiger partial charge in [0.1, 0.15) is 6.10 Å². The third kappa shape index (κ3) is 1.44. The number of rotatable bonds is 1. The topological polar surface area (TPSA) is 35.5 Å². The fourth-order valence-electron chi connectivity index (χ4n) is 3.69. The highest BCUT2D eigenvalue weighted by atomic mass is 16.7. The molecule has 3 atom stereocenters. The normalized spacial score (nSPS) is 41.6. The van der Waals surface area contributed by atoms with Crippen molar-refractivity contribution in [1.82, 2.24) is 0 Å². The molecule has 0 aromatic carbocycles. The van der Waals surface area contributed by atoms with Crippen LogP contribution >= 0.6 is 0 Å². The highest BCUT2D eigenvalue weighted by Gasteiger charge is 2.61. The quantitative estimate of drug-likeness (QED) is 0.627. The highest BCUT2D eigenvalue weighted by molar-refractivity contribution is 5.60. The number of ether oxygens (including phenoxy) is 2. The van der Waals surface area contributed by atoms with Gasteiger partial charge in [-0.2, -0.15) is 0 Å². The van der Waals surface area contributed by atoms with Crippen LogP contribution in [0.25, 0.3) is 0 Å². The average molecular weight is 212 g/mol. The first-order chi connectivity index (χ1) is 6.90. The minimum Gasteiger partial charge on any atom is -0.438 e. The number of fused-ring (bicyclic) bond motifs is 2. The van der Waals surface area contributed by atoms with Crippen LogP contribution in [0.1, 0.15) is 40.0 Å². The molecule has 0 N–H and O–H groups in total. The van der Waals surface area contributed by atoms with Gasteiger partial charge in [0.05, 0.1) is 7.11 Å². The summed E-state index contributed by atoms with van der Waals surface area (Å²) in [4.78, 5) is 11.2. The SMILES string of the molecule is COC(=O)OC1C2(C)CCC(C2)C1(C)C. The van der Waals surface area contributed by atoms with Crippen molar-refractivity contribution < 1.29 is 14.3 Å². The molecule has 2 saturated carbocycles. The van der Waals surface area contributed by atoms with Crippen molar-refractivity contribution in [3.05, 3.63) is 0 Å². The van der Waals surface area contributed by atoms with Crippen LogP contribution in [0, 0.1) is 16.7 Å². The van der Waals surface area contributed by atoms with Crippen molar-refractivity contribution in [3.63, 3.8) is 0 Å². The van der Waals surface area contributed by atoms with Crippen LogP contribution in [0.5, 0.6) is 0 Å². The number of carbonyl (C=O) groups excluding carboxylic acids is 1. The Morgan fingerprint density at radius 1 is 1.33 bits per heavy atom. The minimum atomic E-state index is -0.540. The summed E-state index contributed by atoms with van der Waals surface area (Å²) >= 11 is 0. The Hall–Kier alpha value is -0.730. The average Bonchev–Trinajstić information content (AvgIpc) is 2.63. The molecule has 3 heteroatoms. The lowest BCUT2D eigenvalue weighted by atomic mass is 9.70. The van der Waals surface area contributed by atoms with Crippen molar-refractivity contribution in [3.8, 4) is 0 Å². The van der Waals surface area contributed by atoms with Gasteiger partial charge in [0.15, 0.2) is 0 Å². The van der Waals surface area contributed by atoms with Gasteiger partial charge in [-0.3, -0.25) is 0 Å². The maximum Gasteiger partial charge on any atom is 0.508 e. The van der Waals surface area contributed by atoms with Crippen LogP contribution in [0.4, 0.5) is 4.79 Å². The smallest absolute Gasteiger partial charge is 0.438 e. The van der Waals surface area contributed by atoms with Crippen LogP contribution in [0.15, 0.2) is 0 Å². The van der Waals surface area contributed by atoms with E-state index in [9.17, 15) is 4.79 Å². The van der Waals surface area contributed by atoms with E-state index in [1.54, 1.807) is 0 Å². The van der Waals surface area contributed by atoms with Gasteiger partial charge in [-0.1, -0.05) is 20.8 Å². The number of hydrogen-bond donors (Lipinski definition) is 0. The second-order valence-corrected chi connectivity index (χ2v) is 5.87. The maximum absolute atomic E-state index is 11.2. The second kappa shape index (κ2) is 3.13. The van der Waals surface area contributed by atoms with Crippen LogP contribution in [-0.4, -0.2) is 19.4 Å². The monoisotopic (exact) mass is 212 g/mol. The fourth-order valence-corrected chi connectivity index (χ4v) is 3.69. The summed E-state index contributed by atoms with van der Waals surface area (Å²) in [5.41, 5.74) is 0.267. The molecule has 0 saturated heterocycles. The molecule has 15 heavy (non-hydrogen) atoms.